The maximum atomic E-state index is 12.4. The first kappa shape index (κ1) is 11.0. The molecule has 0 spiro atoms. The van der Waals surface area contributed by atoms with Gasteiger partial charge in [0.25, 0.3) is 0 Å². The van der Waals surface area contributed by atoms with E-state index in [-0.39, 0.29) is 0 Å². The molecule has 2 atom stereocenters. The summed E-state index contributed by atoms with van der Waals surface area (Å²) < 4.78 is 0. The highest BCUT2D eigenvalue weighted by molar-refractivity contribution is 5.98. The molecule has 2 fully saturated rings. The molecule has 2 aliphatic carbocycles. The second-order valence-electron chi connectivity index (χ2n) is 5.74. The van der Waals surface area contributed by atoms with Gasteiger partial charge in [-0.05, 0) is 49.1 Å². The van der Waals surface area contributed by atoms with Gasteiger partial charge < -0.3 is 0 Å². The van der Waals surface area contributed by atoms with Gasteiger partial charge in [-0.1, -0.05) is 31.5 Å². The Morgan fingerprint density at radius 3 is 2.71 bits per heavy atom. The molecule has 0 aliphatic heterocycles. The van der Waals surface area contributed by atoms with Crippen molar-refractivity contribution >= 4 is 5.78 Å². The van der Waals surface area contributed by atoms with Gasteiger partial charge in [0.05, 0.1) is 0 Å². The van der Waals surface area contributed by atoms with Crippen molar-refractivity contribution in [3.8, 4) is 0 Å². The van der Waals surface area contributed by atoms with Crippen LogP contribution in [0.5, 0.6) is 0 Å². The summed E-state index contributed by atoms with van der Waals surface area (Å²) in [6, 6.07) is 8.27. The van der Waals surface area contributed by atoms with E-state index in [0.29, 0.717) is 11.7 Å². The third-order valence-electron chi connectivity index (χ3n) is 4.36. The molecule has 0 amide bonds. The summed E-state index contributed by atoms with van der Waals surface area (Å²) in [4.78, 5) is 12.4. The van der Waals surface area contributed by atoms with E-state index in [1.165, 1.54) is 12.0 Å². The largest absolute Gasteiger partial charge is 0.294 e. The smallest absolute Gasteiger partial charge is 0.165 e. The fourth-order valence-corrected chi connectivity index (χ4v) is 3.33. The number of rotatable bonds is 4. The molecule has 0 aromatic heterocycles. The molecule has 2 unspecified atom stereocenters. The van der Waals surface area contributed by atoms with Crippen LogP contribution in [0.15, 0.2) is 24.3 Å². The summed E-state index contributed by atoms with van der Waals surface area (Å²) in [5.74, 6) is 2.51. The fourth-order valence-electron chi connectivity index (χ4n) is 3.33. The van der Waals surface area contributed by atoms with Crippen LogP contribution in [0.2, 0.25) is 0 Å². The van der Waals surface area contributed by atoms with Gasteiger partial charge in [-0.25, -0.2) is 0 Å². The van der Waals surface area contributed by atoms with Crippen molar-refractivity contribution in [1.29, 1.82) is 0 Å². The summed E-state index contributed by atoms with van der Waals surface area (Å²) in [6.45, 7) is 2.18. The zero-order chi connectivity index (χ0) is 11.8. The molecular formula is C16H20O. The third kappa shape index (κ3) is 2.15. The second-order valence-corrected chi connectivity index (χ2v) is 5.74. The number of hydrogen-bond acceptors (Lipinski definition) is 1. The van der Waals surface area contributed by atoms with Crippen molar-refractivity contribution in [2.45, 2.75) is 39.0 Å². The predicted molar refractivity (Wildman–Crippen MR) is 69.1 cm³/mol. The monoisotopic (exact) mass is 228 g/mol. The molecule has 0 radical (unpaired) electrons. The van der Waals surface area contributed by atoms with Gasteiger partial charge in [-0.3, -0.25) is 4.79 Å². The average molecular weight is 228 g/mol. The first-order chi connectivity index (χ1) is 8.28. The lowest BCUT2D eigenvalue weighted by Crippen LogP contribution is -2.13. The lowest BCUT2D eigenvalue weighted by Gasteiger charge is -2.11. The fraction of sp³-hybridized carbons (Fsp3) is 0.562. The molecule has 1 nitrogen and oxygen atoms in total. The SMILES string of the molecule is CCCc1cccc(C(=O)C2CC3CC3C2)c1. The molecule has 90 valence electrons. The molecule has 17 heavy (non-hydrogen) atoms. The molecule has 1 aromatic rings. The third-order valence-corrected chi connectivity index (χ3v) is 4.36. The minimum absolute atomic E-state index is 0.329. The van der Waals surface area contributed by atoms with Crippen molar-refractivity contribution in [3.63, 3.8) is 0 Å². The number of aryl methyl sites for hydroxylation is 1. The van der Waals surface area contributed by atoms with E-state index in [2.05, 4.69) is 19.1 Å². The van der Waals surface area contributed by atoms with Crippen molar-refractivity contribution in [1.82, 2.24) is 0 Å². The Hall–Kier alpha value is -1.11. The van der Waals surface area contributed by atoms with Crippen LogP contribution >= 0.6 is 0 Å². The number of carbonyl (C=O) groups excluding carboxylic acids is 1. The Morgan fingerprint density at radius 2 is 2.00 bits per heavy atom. The first-order valence-electron chi connectivity index (χ1n) is 6.91. The van der Waals surface area contributed by atoms with Crippen LogP contribution in [-0.2, 0) is 6.42 Å². The van der Waals surface area contributed by atoms with Crippen LogP contribution in [0, 0.1) is 17.8 Å². The Kier molecular flexibility index (Phi) is 2.78. The molecule has 3 rings (SSSR count). The van der Waals surface area contributed by atoms with Crippen LogP contribution in [0.1, 0.15) is 48.5 Å². The zero-order valence-corrected chi connectivity index (χ0v) is 10.5. The van der Waals surface area contributed by atoms with Crippen molar-refractivity contribution in [2.75, 3.05) is 0 Å². The number of hydrogen-bond donors (Lipinski definition) is 0. The summed E-state index contributed by atoms with van der Waals surface area (Å²) in [5.41, 5.74) is 2.25. The quantitative estimate of drug-likeness (QED) is 0.715. The molecular weight excluding hydrogens is 208 g/mol. The Labute approximate surface area is 103 Å². The van der Waals surface area contributed by atoms with Crippen LogP contribution in [0.3, 0.4) is 0 Å². The summed E-state index contributed by atoms with van der Waals surface area (Å²) in [7, 11) is 0. The Balaban J connectivity index is 1.74. The summed E-state index contributed by atoms with van der Waals surface area (Å²) >= 11 is 0. The number of ketones is 1. The molecule has 0 bridgehead atoms. The van der Waals surface area contributed by atoms with Crippen LogP contribution < -0.4 is 0 Å². The molecule has 2 aliphatic rings. The molecule has 1 heteroatoms. The van der Waals surface area contributed by atoms with E-state index >= 15 is 0 Å². The predicted octanol–water partition coefficient (Wildman–Crippen LogP) is 3.87. The van der Waals surface area contributed by atoms with Gasteiger partial charge >= 0.3 is 0 Å². The number of fused-ring (bicyclic) bond motifs is 1. The Bertz CT molecular complexity index is 425. The first-order valence-corrected chi connectivity index (χ1v) is 6.91. The van der Waals surface area contributed by atoms with E-state index < -0.39 is 0 Å². The van der Waals surface area contributed by atoms with Gasteiger partial charge in [-0.15, -0.1) is 0 Å². The van der Waals surface area contributed by atoms with Gasteiger partial charge in [0.2, 0.25) is 0 Å². The highest BCUT2D eigenvalue weighted by Crippen LogP contribution is 2.54. The van der Waals surface area contributed by atoms with E-state index in [4.69, 9.17) is 0 Å². The topological polar surface area (TPSA) is 17.1 Å². The Morgan fingerprint density at radius 1 is 1.24 bits per heavy atom. The standard InChI is InChI=1S/C16H20O/c1-2-4-11-5-3-6-12(7-11)16(17)15-9-13-8-14(13)10-15/h3,5-7,13-15H,2,4,8-10H2,1H3. The maximum absolute atomic E-state index is 12.4. The minimum Gasteiger partial charge on any atom is -0.294 e. The molecule has 2 saturated carbocycles. The van der Waals surface area contributed by atoms with Crippen LogP contribution in [0.25, 0.3) is 0 Å². The lowest BCUT2D eigenvalue weighted by molar-refractivity contribution is 0.0914. The number of Topliss-reactive ketones (excluding diaryl/α,β-unsaturated/α-hetero) is 1. The summed E-state index contributed by atoms with van der Waals surface area (Å²) in [5, 5.41) is 0. The maximum Gasteiger partial charge on any atom is 0.165 e. The minimum atomic E-state index is 0.329. The van der Waals surface area contributed by atoms with Crippen molar-refractivity contribution < 1.29 is 4.79 Å². The van der Waals surface area contributed by atoms with E-state index in [0.717, 1.165) is 43.1 Å². The van der Waals surface area contributed by atoms with Gasteiger partial charge in [0, 0.05) is 11.5 Å². The normalized spacial score (nSPS) is 30.1. The van der Waals surface area contributed by atoms with Gasteiger partial charge in [0.15, 0.2) is 5.78 Å². The molecule has 0 heterocycles. The van der Waals surface area contributed by atoms with E-state index in [1.807, 2.05) is 12.1 Å². The average Bonchev–Trinajstić information content (AvgIpc) is 2.96. The molecule has 0 N–H and O–H groups in total. The lowest BCUT2D eigenvalue weighted by atomic mass is 9.92. The van der Waals surface area contributed by atoms with E-state index in [9.17, 15) is 4.79 Å². The second kappa shape index (κ2) is 4.29. The molecule has 1 aromatic carbocycles. The highest BCUT2D eigenvalue weighted by atomic mass is 16.1. The molecule has 0 saturated heterocycles. The van der Waals surface area contributed by atoms with Crippen LogP contribution in [-0.4, -0.2) is 5.78 Å². The number of carbonyl (C=O) groups is 1. The zero-order valence-electron chi connectivity index (χ0n) is 10.5. The van der Waals surface area contributed by atoms with Crippen molar-refractivity contribution in [3.05, 3.63) is 35.4 Å². The van der Waals surface area contributed by atoms with Gasteiger partial charge in [-0.2, -0.15) is 0 Å². The summed E-state index contributed by atoms with van der Waals surface area (Å²) in [6.07, 6.45) is 5.92. The highest BCUT2D eigenvalue weighted by Gasteiger charge is 2.47. The van der Waals surface area contributed by atoms with Gasteiger partial charge in [0.1, 0.15) is 0 Å². The van der Waals surface area contributed by atoms with Crippen molar-refractivity contribution in [2.24, 2.45) is 17.8 Å². The number of benzene rings is 1. The van der Waals surface area contributed by atoms with E-state index in [1.54, 1.807) is 0 Å². The van der Waals surface area contributed by atoms with Crippen LogP contribution in [0.4, 0.5) is 0 Å².